The molecule has 0 saturated heterocycles. The molecule has 1 heterocycles. The molecule has 0 amide bonds. The topological polar surface area (TPSA) is 42.1 Å². The van der Waals surface area contributed by atoms with E-state index in [-0.39, 0.29) is 0 Å². The van der Waals surface area contributed by atoms with Crippen LogP contribution in [0.4, 0.5) is 5.82 Å². The second-order valence-corrected chi connectivity index (χ2v) is 5.21. The lowest BCUT2D eigenvalue weighted by Crippen LogP contribution is -2.43. The summed E-state index contributed by atoms with van der Waals surface area (Å²) in [7, 11) is 0. The van der Waals surface area contributed by atoms with Crippen LogP contribution in [0, 0.1) is 6.92 Å². The summed E-state index contributed by atoms with van der Waals surface area (Å²) in [5.74, 6) is 1.07. The number of anilines is 1. The van der Waals surface area contributed by atoms with Gasteiger partial charge in [-0.3, -0.25) is 0 Å². The van der Waals surface area contributed by atoms with Gasteiger partial charge in [0, 0.05) is 29.8 Å². The zero-order valence-electron chi connectivity index (χ0n) is 9.62. The number of halogens is 1. The van der Waals surface area contributed by atoms with Crippen molar-refractivity contribution in [2.24, 2.45) is 5.73 Å². The zero-order valence-corrected chi connectivity index (χ0v) is 11.2. The van der Waals surface area contributed by atoms with Gasteiger partial charge in [0.05, 0.1) is 0 Å². The molecule has 2 N–H and O–H groups in total. The van der Waals surface area contributed by atoms with Crippen LogP contribution < -0.4 is 10.6 Å². The van der Waals surface area contributed by atoms with E-state index in [0.717, 1.165) is 16.8 Å². The molecule has 1 aliphatic rings. The zero-order chi connectivity index (χ0) is 11.5. The van der Waals surface area contributed by atoms with Crippen LogP contribution >= 0.6 is 15.9 Å². The fourth-order valence-corrected chi connectivity index (χ4v) is 2.22. The third-order valence-electron chi connectivity index (χ3n) is 3.21. The predicted octanol–water partition coefficient (Wildman–Crippen LogP) is 2.47. The van der Waals surface area contributed by atoms with Crippen LogP contribution in [0.25, 0.3) is 0 Å². The Morgan fingerprint density at radius 3 is 2.81 bits per heavy atom. The lowest BCUT2D eigenvalue weighted by atomic mass is 9.91. The van der Waals surface area contributed by atoms with Crippen LogP contribution in [0.1, 0.15) is 24.8 Å². The van der Waals surface area contributed by atoms with E-state index in [4.69, 9.17) is 5.73 Å². The highest BCUT2D eigenvalue weighted by atomic mass is 79.9. The number of nitrogens with zero attached hydrogens (tertiary/aromatic N) is 2. The van der Waals surface area contributed by atoms with Crippen LogP contribution in [0.3, 0.4) is 0 Å². The number of pyridine rings is 1. The highest BCUT2D eigenvalue weighted by molar-refractivity contribution is 9.10. The van der Waals surface area contributed by atoms with E-state index in [9.17, 15) is 0 Å². The summed E-state index contributed by atoms with van der Waals surface area (Å²) in [6.07, 6.45) is 5.77. The fourth-order valence-electron chi connectivity index (χ4n) is 2.00. The van der Waals surface area contributed by atoms with Crippen molar-refractivity contribution >= 4 is 21.7 Å². The molecular weight excluding hydrogens is 266 g/mol. The van der Waals surface area contributed by atoms with Gasteiger partial charge < -0.3 is 10.6 Å². The molecule has 1 aliphatic carbocycles. The molecule has 88 valence electrons. The number of aryl methyl sites for hydroxylation is 1. The Morgan fingerprint density at radius 1 is 1.56 bits per heavy atom. The van der Waals surface area contributed by atoms with E-state index in [1.54, 1.807) is 0 Å². The summed E-state index contributed by atoms with van der Waals surface area (Å²) in [5.41, 5.74) is 6.90. The first-order chi connectivity index (χ1) is 7.72. The molecule has 1 aromatic heterocycles. The van der Waals surface area contributed by atoms with Gasteiger partial charge in [-0.1, -0.05) is 0 Å². The van der Waals surface area contributed by atoms with E-state index in [1.807, 2.05) is 6.20 Å². The van der Waals surface area contributed by atoms with E-state index in [1.165, 1.54) is 24.8 Å². The molecule has 2 rings (SSSR count). The average molecular weight is 284 g/mol. The van der Waals surface area contributed by atoms with Gasteiger partial charge in [0.25, 0.3) is 0 Å². The minimum Gasteiger partial charge on any atom is -0.352 e. The molecule has 1 aromatic rings. The molecule has 4 heteroatoms. The lowest BCUT2D eigenvalue weighted by molar-refractivity contribution is 0.386. The van der Waals surface area contributed by atoms with Gasteiger partial charge in [-0.15, -0.1) is 0 Å². The summed E-state index contributed by atoms with van der Waals surface area (Å²) >= 11 is 3.48. The van der Waals surface area contributed by atoms with E-state index in [0.29, 0.717) is 12.6 Å². The minimum absolute atomic E-state index is 0.650. The Hall–Kier alpha value is -0.610. The Morgan fingerprint density at radius 2 is 2.31 bits per heavy atom. The molecule has 0 spiro atoms. The third-order valence-corrected chi connectivity index (χ3v) is 4.04. The fraction of sp³-hybridized carbons (Fsp3) is 0.583. The van der Waals surface area contributed by atoms with Crippen molar-refractivity contribution in [2.45, 2.75) is 32.2 Å². The van der Waals surface area contributed by atoms with Crippen molar-refractivity contribution in [3.63, 3.8) is 0 Å². The summed E-state index contributed by atoms with van der Waals surface area (Å²) in [4.78, 5) is 6.83. The Bertz CT molecular complexity index is 363. The first-order valence-corrected chi connectivity index (χ1v) is 6.60. The molecule has 1 saturated carbocycles. The van der Waals surface area contributed by atoms with Gasteiger partial charge in [-0.25, -0.2) is 4.98 Å². The molecule has 0 aromatic carbocycles. The molecule has 1 fully saturated rings. The number of hydrogen-bond donors (Lipinski definition) is 1. The van der Waals surface area contributed by atoms with Gasteiger partial charge in [0.1, 0.15) is 5.82 Å². The minimum atomic E-state index is 0.650. The highest BCUT2D eigenvalue weighted by Gasteiger charge is 2.25. The Kier molecular flexibility index (Phi) is 3.82. The first-order valence-electron chi connectivity index (χ1n) is 5.81. The normalized spacial score (nSPS) is 15.9. The Labute approximate surface area is 105 Å². The van der Waals surface area contributed by atoms with Crippen LogP contribution in [-0.2, 0) is 0 Å². The summed E-state index contributed by atoms with van der Waals surface area (Å²) < 4.78 is 1.07. The van der Waals surface area contributed by atoms with Crippen molar-refractivity contribution < 1.29 is 0 Å². The smallest absolute Gasteiger partial charge is 0.129 e. The first kappa shape index (κ1) is 11.9. The molecule has 0 bridgehead atoms. The molecule has 0 unspecified atom stereocenters. The van der Waals surface area contributed by atoms with Crippen molar-refractivity contribution in [1.82, 2.24) is 4.98 Å². The van der Waals surface area contributed by atoms with E-state index >= 15 is 0 Å². The van der Waals surface area contributed by atoms with Gasteiger partial charge in [0.2, 0.25) is 0 Å². The van der Waals surface area contributed by atoms with E-state index in [2.05, 4.69) is 38.8 Å². The molecule has 0 aliphatic heterocycles. The lowest BCUT2D eigenvalue weighted by Gasteiger charge is -2.38. The number of nitrogens with two attached hydrogens (primary N) is 1. The highest BCUT2D eigenvalue weighted by Crippen LogP contribution is 2.29. The van der Waals surface area contributed by atoms with Crippen LogP contribution in [-0.4, -0.2) is 24.1 Å². The van der Waals surface area contributed by atoms with Gasteiger partial charge >= 0.3 is 0 Å². The van der Waals surface area contributed by atoms with Crippen molar-refractivity contribution in [2.75, 3.05) is 18.0 Å². The van der Waals surface area contributed by atoms with Crippen LogP contribution in [0.15, 0.2) is 16.7 Å². The number of rotatable bonds is 4. The summed E-state index contributed by atoms with van der Waals surface area (Å²) in [5, 5.41) is 0. The SMILES string of the molecule is Cc1cc(N(CCN)C2CCC2)ncc1Br. The molecule has 0 radical (unpaired) electrons. The van der Waals surface area contributed by atoms with Crippen LogP contribution in [0.2, 0.25) is 0 Å². The number of aromatic nitrogens is 1. The second kappa shape index (κ2) is 5.15. The predicted molar refractivity (Wildman–Crippen MR) is 70.7 cm³/mol. The molecule has 16 heavy (non-hydrogen) atoms. The second-order valence-electron chi connectivity index (χ2n) is 4.36. The Balaban J connectivity index is 2.20. The maximum Gasteiger partial charge on any atom is 0.129 e. The maximum atomic E-state index is 5.67. The number of hydrogen-bond acceptors (Lipinski definition) is 3. The maximum absolute atomic E-state index is 5.67. The average Bonchev–Trinajstić information content (AvgIpc) is 2.19. The monoisotopic (exact) mass is 283 g/mol. The molecule has 0 atom stereocenters. The third kappa shape index (κ3) is 2.38. The van der Waals surface area contributed by atoms with Gasteiger partial charge in [-0.2, -0.15) is 0 Å². The summed E-state index contributed by atoms with van der Waals surface area (Å²) in [6, 6.07) is 2.79. The molecular formula is C12H18BrN3. The van der Waals surface area contributed by atoms with Gasteiger partial charge in [0.15, 0.2) is 0 Å². The summed E-state index contributed by atoms with van der Waals surface area (Å²) in [6.45, 7) is 3.68. The van der Waals surface area contributed by atoms with Crippen molar-refractivity contribution in [3.8, 4) is 0 Å². The van der Waals surface area contributed by atoms with Crippen LogP contribution in [0.5, 0.6) is 0 Å². The van der Waals surface area contributed by atoms with E-state index < -0.39 is 0 Å². The largest absolute Gasteiger partial charge is 0.352 e. The quantitative estimate of drug-likeness (QED) is 0.923. The standard InChI is InChI=1S/C12H18BrN3/c1-9-7-12(15-8-11(9)13)16(6-5-14)10-3-2-4-10/h7-8,10H,2-6,14H2,1H3. The van der Waals surface area contributed by atoms with Gasteiger partial charge in [-0.05, 0) is 53.7 Å². The van der Waals surface area contributed by atoms with Crippen molar-refractivity contribution in [1.29, 1.82) is 0 Å². The van der Waals surface area contributed by atoms with Crippen molar-refractivity contribution in [3.05, 3.63) is 22.3 Å². The molecule has 3 nitrogen and oxygen atoms in total.